The van der Waals surface area contributed by atoms with Crippen LogP contribution in [0.25, 0.3) is 0 Å². The van der Waals surface area contributed by atoms with Crippen LogP contribution in [0.2, 0.25) is 0 Å². The van der Waals surface area contributed by atoms with Crippen LogP contribution in [0.15, 0.2) is 18.2 Å². The van der Waals surface area contributed by atoms with Gasteiger partial charge < -0.3 is 5.11 Å². The number of rotatable bonds is 2. The van der Waals surface area contributed by atoms with Crippen LogP contribution in [-0.2, 0) is 4.79 Å². The molecule has 14 heavy (non-hydrogen) atoms. The summed E-state index contributed by atoms with van der Waals surface area (Å²) in [5.74, 6) is -0.543. The Labute approximate surface area is 83.6 Å². The van der Waals surface area contributed by atoms with Gasteiger partial charge in [-0.3, -0.25) is 4.79 Å². The van der Waals surface area contributed by atoms with Crippen molar-refractivity contribution in [2.75, 3.05) is 0 Å². The lowest BCUT2D eigenvalue weighted by molar-refractivity contribution is -0.138. The number of carboxylic acid groups (broad SMARTS) is 1. The molecule has 1 aliphatic carbocycles. The first kappa shape index (κ1) is 9.25. The fourth-order valence-electron chi connectivity index (χ4n) is 1.99. The summed E-state index contributed by atoms with van der Waals surface area (Å²) in [5.41, 5.74) is 3.72. The summed E-state index contributed by atoms with van der Waals surface area (Å²) in [5, 5.41) is 8.85. The second-order valence-corrected chi connectivity index (χ2v) is 4.08. The van der Waals surface area contributed by atoms with Crippen LogP contribution >= 0.6 is 0 Å². The van der Waals surface area contributed by atoms with Crippen LogP contribution in [0.4, 0.5) is 0 Å². The van der Waals surface area contributed by atoms with Gasteiger partial charge in [0.2, 0.25) is 0 Å². The molecule has 1 fully saturated rings. The van der Waals surface area contributed by atoms with E-state index in [9.17, 15) is 4.79 Å². The molecule has 74 valence electrons. The molecule has 1 saturated carbocycles. The van der Waals surface area contributed by atoms with Gasteiger partial charge in [-0.15, -0.1) is 0 Å². The first-order valence-electron chi connectivity index (χ1n) is 4.90. The van der Waals surface area contributed by atoms with Crippen LogP contribution in [-0.4, -0.2) is 11.1 Å². The van der Waals surface area contributed by atoms with Gasteiger partial charge >= 0.3 is 5.97 Å². The molecule has 0 spiro atoms. The Balaban J connectivity index is 2.27. The minimum Gasteiger partial charge on any atom is -0.481 e. The first-order valence-corrected chi connectivity index (χ1v) is 4.90. The van der Waals surface area contributed by atoms with E-state index in [4.69, 9.17) is 5.11 Å². The first-order chi connectivity index (χ1) is 6.61. The maximum Gasteiger partial charge on any atom is 0.307 e. The molecule has 2 atom stereocenters. The molecule has 1 N–H and O–H groups in total. The predicted molar refractivity (Wildman–Crippen MR) is 54.4 cm³/mol. The van der Waals surface area contributed by atoms with Crippen molar-refractivity contribution in [2.24, 2.45) is 5.92 Å². The van der Waals surface area contributed by atoms with Crippen molar-refractivity contribution in [1.82, 2.24) is 0 Å². The zero-order valence-electron chi connectivity index (χ0n) is 8.45. The van der Waals surface area contributed by atoms with Crippen molar-refractivity contribution in [3.8, 4) is 0 Å². The van der Waals surface area contributed by atoms with Gasteiger partial charge in [0.25, 0.3) is 0 Å². The number of carboxylic acids is 1. The Morgan fingerprint density at radius 1 is 1.43 bits per heavy atom. The summed E-state index contributed by atoms with van der Waals surface area (Å²) in [6.07, 6.45) is 0.805. The molecule has 0 unspecified atom stereocenters. The smallest absolute Gasteiger partial charge is 0.307 e. The number of aliphatic carboxylic acids is 1. The highest BCUT2D eigenvalue weighted by Gasteiger charge is 2.44. The van der Waals surface area contributed by atoms with Crippen molar-refractivity contribution >= 4 is 5.97 Å². The Bertz CT molecular complexity index is 382. The molecule has 0 radical (unpaired) electrons. The Morgan fingerprint density at radius 2 is 2.14 bits per heavy atom. The van der Waals surface area contributed by atoms with Crippen LogP contribution in [0, 0.1) is 19.8 Å². The van der Waals surface area contributed by atoms with E-state index < -0.39 is 5.97 Å². The van der Waals surface area contributed by atoms with Crippen molar-refractivity contribution in [2.45, 2.75) is 26.2 Å². The van der Waals surface area contributed by atoms with Crippen LogP contribution in [0.1, 0.15) is 29.0 Å². The van der Waals surface area contributed by atoms with Crippen molar-refractivity contribution in [1.29, 1.82) is 0 Å². The van der Waals surface area contributed by atoms with Gasteiger partial charge in [-0.05, 0) is 42.9 Å². The van der Waals surface area contributed by atoms with E-state index in [1.165, 1.54) is 16.7 Å². The summed E-state index contributed by atoms with van der Waals surface area (Å²) in [4.78, 5) is 10.7. The minimum absolute atomic E-state index is 0.143. The fraction of sp³-hybridized carbons (Fsp3) is 0.417. The summed E-state index contributed by atoms with van der Waals surface area (Å²) in [6, 6.07) is 6.13. The minimum atomic E-state index is -0.657. The molecule has 1 aromatic rings. The largest absolute Gasteiger partial charge is 0.481 e. The molecule has 0 bridgehead atoms. The normalized spacial score (nSPS) is 24.7. The Morgan fingerprint density at radius 3 is 2.71 bits per heavy atom. The van der Waals surface area contributed by atoms with Crippen LogP contribution < -0.4 is 0 Å². The van der Waals surface area contributed by atoms with Gasteiger partial charge in [-0.1, -0.05) is 18.2 Å². The molecule has 2 heteroatoms. The topological polar surface area (TPSA) is 37.3 Å². The molecule has 0 aromatic heterocycles. The molecule has 0 saturated heterocycles. The molecular weight excluding hydrogens is 176 g/mol. The third kappa shape index (κ3) is 1.41. The van der Waals surface area contributed by atoms with E-state index >= 15 is 0 Å². The van der Waals surface area contributed by atoms with E-state index in [0.717, 1.165) is 6.42 Å². The quantitative estimate of drug-likeness (QED) is 0.778. The summed E-state index contributed by atoms with van der Waals surface area (Å²) in [6.45, 7) is 4.14. The molecule has 1 aromatic carbocycles. The predicted octanol–water partition coefficient (Wildman–Crippen LogP) is 2.49. The molecular formula is C12H14O2. The van der Waals surface area contributed by atoms with Crippen molar-refractivity contribution in [3.63, 3.8) is 0 Å². The lowest BCUT2D eigenvalue weighted by atomic mass is 9.99. The number of hydrogen-bond acceptors (Lipinski definition) is 1. The highest BCUT2D eigenvalue weighted by Crippen LogP contribution is 2.48. The van der Waals surface area contributed by atoms with Crippen molar-refractivity contribution < 1.29 is 9.90 Å². The third-order valence-corrected chi connectivity index (χ3v) is 3.15. The van der Waals surface area contributed by atoms with E-state index in [2.05, 4.69) is 26.0 Å². The highest BCUT2D eigenvalue weighted by atomic mass is 16.4. The van der Waals surface area contributed by atoms with Gasteiger partial charge in [0.15, 0.2) is 0 Å². The summed E-state index contributed by atoms with van der Waals surface area (Å²) in [7, 11) is 0. The Kier molecular flexibility index (Phi) is 2.06. The number of carbonyl (C=O) groups is 1. The highest BCUT2D eigenvalue weighted by molar-refractivity contribution is 5.75. The standard InChI is InChI=1S/C12H14O2/c1-7-4-3-5-9(8(7)2)10-6-11(10)12(13)14/h3-5,10-11H,6H2,1-2H3,(H,13,14)/t10-,11+/m1/s1. The SMILES string of the molecule is Cc1cccc([C@H]2C[C@@H]2C(=O)O)c1C. The zero-order valence-corrected chi connectivity index (χ0v) is 8.45. The zero-order chi connectivity index (χ0) is 10.3. The monoisotopic (exact) mass is 190 g/mol. The summed E-state index contributed by atoms with van der Waals surface area (Å²) >= 11 is 0. The van der Waals surface area contributed by atoms with Crippen LogP contribution in [0.3, 0.4) is 0 Å². The second-order valence-electron chi connectivity index (χ2n) is 4.08. The third-order valence-electron chi connectivity index (χ3n) is 3.15. The molecule has 2 rings (SSSR count). The van der Waals surface area contributed by atoms with E-state index in [1.807, 2.05) is 6.07 Å². The number of aryl methyl sites for hydroxylation is 1. The fourth-order valence-corrected chi connectivity index (χ4v) is 1.99. The van der Waals surface area contributed by atoms with Gasteiger partial charge in [0.05, 0.1) is 5.92 Å². The molecule has 2 nitrogen and oxygen atoms in total. The number of benzene rings is 1. The van der Waals surface area contributed by atoms with Gasteiger partial charge in [0.1, 0.15) is 0 Å². The van der Waals surface area contributed by atoms with Gasteiger partial charge in [-0.2, -0.15) is 0 Å². The summed E-state index contributed by atoms with van der Waals surface area (Å²) < 4.78 is 0. The van der Waals surface area contributed by atoms with Gasteiger partial charge in [-0.25, -0.2) is 0 Å². The maximum absolute atomic E-state index is 10.7. The molecule has 1 aliphatic rings. The van der Waals surface area contributed by atoms with Gasteiger partial charge in [0, 0.05) is 0 Å². The van der Waals surface area contributed by atoms with E-state index in [0.29, 0.717) is 0 Å². The van der Waals surface area contributed by atoms with E-state index in [-0.39, 0.29) is 11.8 Å². The van der Waals surface area contributed by atoms with Crippen molar-refractivity contribution in [3.05, 3.63) is 34.9 Å². The lowest BCUT2D eigenvalue weighted by Crippen LogP contribution is -2.00. The molecule has 0 amide bonds. The molecule has 0 aliphatic heterocycles. The molecule has 0 heterocycles. The van der Waals surface area contributed by atoms with Crippen LogP contribution in [0.5, 0.6) is 0 Å². The maximum atomic E-state index is 10.7. The Hall–Kier alpha value is -1.31. The average molecular weight is 190 g/mol. The lowest BCUT2D eigenvalue weighted by Gasteiger charge is -2.06. The average Bonchev–Trinajstić information content (AvgIpc) is 2.89. The van der Waals surface area contributed by atoms with E-state index in [1.54, 1.807) is 0 Å². The second kappa shape index (κ2) is 3.12. The number of hydrogen-bond donors (Lipinski definition) is 1.